The fourth-order valence-electron chi connectivity index (χ4n) is 2.93. The number of amides is 2. The first-order valence-corrected chi connectivity index (χ1v) is 11.5. The van der Waals surface area contributed by atoms with Crippen molar-refractivity contribution in [2.45, 2.75) is 71.1 Å². The fourth-order valence-corrected chi connectivity index (χ4v) is 3.19. The molecule has 0 aliphatic heterocycles. The first kappa shape index (κ1) is 28.8. The van der Waals surface area contributed by atoms with Gasteiger partial charge in [0, 0.05) is 26.1 Å². The third-order valence-corrected chi connectivity index (χ3v) is 4.93. The molecule has 0 aliphatic rings. The monoisotopic (exact) mass is 491 g/mol. The quantitative estimate of drug-likeness (QED) is 0.125. The van der Waals surface area contributed by atoms with Crippen molar-refractivity contribution < 1.29 is 23.9 Å². The summed E-state index contributed by atoms with van der Waals surface area (Å²) in [6, 6.07) is 3.41. The molecule has 2 amide bonds. The number of Topliss-reactive ketones (excluding diaryl/α,β-unsaturated/α-hetero) is 1. The molecule has 2 atom stereocenters. The molecule has 0 radical (unpaired) electrons. The summed E-state index contributed by atoms with van der Waals surface area (Å²) in [6.07, 6.45) is 3.42. The van der Waals surface area contributed by atoms with Gasteiger partial charge in [0.15, 0.2) is 5.78 Å². The molecule has 11 heteroatoms. The normalized spacial score (nSPS) is 12.2. The average molecular weight is 492 g/mol. The van der Waals surface area contributed by atoms with Crippen molar-refractivity contribution in [3.05, 3.63) is 30.1 Å². The molecule has 0 saturated carbocycles. The zero-order chi connectivity index (χ0) is 25.5. The maximum absolute atomic E-state index is 13.1. The number of carbonyl (C=O) groups excluding carboxylic acids is 4. The van der Waals surface area contributed by atoms with Crippen LogP contribution in [0.2, 0.25) is 0 Å². The first-order chi connectivity index (χ1) is 16.1. The Morgan fingerprint density at radius 3 is 2.44 bits per heavy atom. The Morgan fingerprint density at radius 1 is 1.12 bits per heavy atom. The number of ketones is 1. The van der Waals surface area contributed by atoms with E-state index < -0.39 is 35.8 Å². The van der Waals surface area contributed by atoms with Crippen LogP contribution >= 0.6 is 12.2 Å². The molecule has 0 spiro atoms. The predicted octanol–water partition coefficient (Wildman–Crippen LogP) is 1.46. The average Bonchev–Trinajstić information content (AvgIpc) is 2.79. The lowest BCUT2D eigenvalue weighted by molar-refractivity contribution is -0.151. The van der Waals surface area contributed by atoms with E-state index in [1.807, 2.05) is 0 Å². The molecule has 1 aromatic heterocycles. The van der Waals surface area contributed by atoms with Crippen molar-refractivity contribution in [3.8, 4) is 0 Å². The van der Waals surface area contributed by atoms with Crippen LogP contribution in [0.1, 0.15) is 58.6 Å². The van der Waals surface area contributed by atoms with Crippen molar-refractivity contribution in [1.82, 2.24) is 20.9 Å². The third kappa shape index (κ3) is 11.6. The summed E-state index contributed by atoms with van der Waals surface area (Å²) >= 11 is 5.40. The first-order valence-electron chi connectivity index (χ1n) is 11.1. The van der Waals surface area contributed by atoms with Gasteiger partial charge in [0.2, 0.25) is 11.8 Å². The van der Waals surface area contributed by atoms with Gasteiger partial charge in [-0.25, -0.2) is 4.79 Å². The maximum atomic E-state index is 13.1. The van der Waals surface area contributed by atoms with Crippen LogP contribution in [-0.2, 0) is 23.9 Å². The number of pyridine rings is 1. The van der Waals surface area contributed by atoms with Gasteiger partial charge in [-0.3, -0.25) is 19.4 Å². The molecule has 0 bridgehead atoms. The van der Waals surface area contributed by atoms with Crippen LogP contribution in [0.4, 0.5) is 0 Å². The Hall–Kier alpha value is -3.21. The topological polar surface area (TPSA) is 150 Å². The number of nitrogens with zero attached hydrogens (tertiary/aromatic N) is 1. The highest BCUT2D eigenvalue weighted by Crippen LogP contribution is 2.08. The zero-order valence-electron chi connectivity index (χ0n) is 19.8. The number of unbranched alkanes of at least 4 members (excludes halogenated alkanes) is 1. The highest BCUT2D eigenvalue weighted by atomic mass is 32.1. The Morgan fingerprint density at radius 2 is 1.85 bits per heavy atom. The minimum absolute atomic E-state index is 0.00540. The number of aromatic nitrogens is 1. The van der Waals surface area contributed by atoms with Gasteiger partial charge in [0.1, 0.15) is 17.1 Å². The van der Waals surface area contributed by atoms with Gasteiger partial charge in [-0.15, -0.1) is 0 Å². The van der Waals surface area contributed by atoms with Crippen LogP contribution in [0, 0.1) is 5.41 Å². The molecule has 0 fully saturated rings. The summed E-state index contributed by atoms with van der Waals surface area (Å²) in [4.78, 5) is 52.7. The lowest BCUT2D eigenvalue weighted by Crippen LogP contribution is -2.52. The SMILES string of the molecule is CC(=O)NCCCC[C@H](NC(=S)c1ccccn1)C(=O)N[C@@H](CCC(=O)C=N)C(=O)OC(C)C. The minimum Gasteiger partial charge on any atom is -0.461 e. The number of carbonyl (C=O) groups is 4. The molecule has 1 aromatic rings. The molecule has 0 unspecified atom stereocenters. The largest absolute Gasteiger partial charge is 0.461 e. The number of thiocarbonyl (C=S) groups is 1. The minimum atomic E-state index is -1.05. The molecular formula is C23H33N5O5S. The third-order valence-electron chi connectivity index (χ3n) is 4.61. The second-order valence-corrected chi connectivity index (χ2v) is 8.32. The Kier molecular flexibility index (Phi) is 13.2. The van der Waals surface area contributed by atoms with Crippen molar-refractivity contribution in [2.75, 3.05) is 6.54 Å². The Labute approximate surface area is 205 Å². The number of ether oxygens (including phenoxy) is 1. The van der Waals surface area contributed by atoms with Gasteiger partial charge in [0.25, 0.3) is 0 Å². The molecule has 186 valence electrons. The second kappa shape index (κ2) is 15.6. The van der Waals surface area contributed by atoms with Crippen molar-refractivity contribution in [3.63, 3.8) is 0 Å². The number of nitrogens with one attached hydrogen (secondary N) is 4. The number of hydrogen-bond acceptors (Lipinski definition) is 8. The summed E-state index contributed by atoms with van der Waals surface area (Å²) in [5.74, 6) is -1.72. The van der Waals surface area contributed by atoms with Crippen LogP contribution in [0.15, 0.2) is 24.4 Å². The van der Waals surface area contributed by atoms with E-state index in [9.17, 15) is 19.2 Å². The molecule has 4 N–H and O–H groups in total. The van der Waals surface area contributed by atoms with E-state index in [2.05, 4.69) is 20.9 Å². The van der Waals surface area contributed by atoms with Gasteiger partial charge in [-0.1, -0.05) is 18.3 Å². The van der Waals surface area contributed by atoms with Crippen LogP contribution in [0.5, 0.6) is 0 Å². The van der Waals surface area contributed by atoms with Crippen molar-refractivity contribution in [2.24, 2.45) is 0 Å². The van der Waals surface area contributed by atoms with Crippen molar-refractivity contribution >= 4 is 47.0 Å². The predicted molar refractivity (Wildman–Crippen MR) is 132 cm³/mol. The van der Waals surface area contributed by atoms with E-state index in [0.29, 0.717) is 37.7 Å². The molecule has 10 nitrogen and oxygen atoms in total. The molecule has 0 saturated heterocycles. The van der Waals surface area contributed by atoms with E-state index in [1.165, 1.54) is 6.92 Å². The van der Waals surface area contributed by atoms with Gasteiger partial charge in [-0.2, -0.15) is 0 Å². The Bertz CT molecular complexity index is 863. The number of hydrogen-bond donors (Lipinski definition) is 4. The van der Waals surface area contributed by atoms with E-state index in [0.717, 1.165) is 0 Å². The highest BCUT2D eigenvalue weighted by molar-refractivity contribution is 7.80. The van der Waals surface area contributed by atoms with Crippen LogP contribution in [0.25, 0.3) is 0 Å². The smallest absolute Gasteiger partial charge is 0.328 e. The molecule has 0 aliphatic carbocycles. The fraction of sp³-hybridized carbons (Fsp3) is 0.522. The molecule has 1 rings (SSSR count). The summed E-state index contributed by atoms with van der Waals surface area (Å²) < 4.78 is 5.23. The summed E-state index contributed by atoms with van der Waals surface area (Å²) in [7, 11) is 0. The standard InChI is InChI=1S/C23H33N5O5S/c1-15(2)33-23(32)20(11-10-17(30)14-24)27-21(31)18(8-4-6-12-25-16(3)29)28-22(34)19-9-5-7-13-26-19/h5,7,9,13-15,18,20,24H,4,6,8,10-12H2,1-3H3,(H,25,29)(H,27,31)(H,28,34)/t18-,20-/m0/s1. The van der Waals surface area contributed by atoms with Crippen LogP contribution in [-0.4, -0.2) is 64.5 Å². The van der Waals surface area contributed by atoms with Gasteiger partial charge < -0.3 is 26.1 Å². The van der Waals surface area contributed by atoms with Crippen LogP contribution < -0.4 is 16.0 Å². The molecular weight excluding hydrogens is 458 g/mol. The van der Waals surface area contributed by atoms with E-state index in [4.69, 9.17) is 22.4 Å². The van der Waals surface area contributed by atoms with Gasteiger partial charge >= 0.3 is 5.97 Å². The molecule has 1 heterocycles. The molecule has 0 aromatic carbocycles. The van der Waals surface area contributed by atoms with E-state index in [1.54, 1.807) is 38.2 Å². The summed E-state index contributed by atoms with van der Waals surface area (Å²) in [6.45, 7) is 5.28. The lowest BCUT2D eigenvalue weighted by Gasteiger charge is -2.24. The van der Waals surface area contributed by atoms with E-state index in [-0.39, 0.29) is 23.7 Å². The zero-order valence-corrected chi connectivity index (χ0v) is 20.6. The summed E-state index contributed by atoms with van der Waals surface area (Å²) in [5, 5.41) is 15.4. The highest BCUT2D eigenvalue weighted by Gasteiger charge is 2.28. The lowest BCUT2D eigenvalue weighted by atomic mass is 10.1. The summed E-state index contributed by atoms with van der Waals surface area (Å²) in [5.41, 5.74) is 0.501. The molecule has 34 heavy (non-hydrogen) atoms. The van der Waals surface area contributed by atoms with Crippen molar-refractivity contribution in [1.29, 1.82) is 5.41 Å². The van der Waals surface area contributed by atoms with Gasteiger partial charge in [0.05, 0.1) is 18.0 Å². The van der Waals surface area contributed by atoms with Crippen LogP contribution in [0.3, 0.4) is 0 Å². The number of esters is 1. The Balaban J connectivity index is 2.92. The maximum Gasteiger partial charge on any atom is 0.328 e. The second-order valence-electron chi connectivity index (χ2n) is 7.92. The van der Waals surface area contributed by atoms with Gasteiger partial charge in [-0.05, 0) is 51.7 Å². The van der Waals surface area contributed by atoms with E-state index >= 15 is 0 Å². The number of rotatable bonds is 15.